The van der Waals surface area contributed by atoms with Crippen LogP contribution in [0.2, 0.25) is 5.02 Å². The molecule has 7 heteroatoms. The van der Waals surface area contributed by atoms with Crippen molar-refractivity contribution in [3.63, 3.8) is 0 Å². The van der Waals surface area contributed by atoms with Gasteiger partial charge in [-0.05, 0) is 67.6 Å². The lowest BCUT2D eigenvalue weighted by atomic mass is 9.68. The highest BCUT2D eigenvalue weighted by molar-refractivity contribution is 6.30. The van der Waals surface area contributed by atoms with Crippen LogP contribution in [0.15, 0.2) is 65.0 Å². The number of dihydropyridines is 1. The van der Waals surface area contributed by atoms with Crippen LogP contribution < -0.4 is 14.8 Å². The monoisotopic (exact) mass is 509 g/mol. The number of ketones is 1. The Kier molecular flexibility index (Phi) is 7.46. The second-order valence-electron chi connectivity index (χ2n) is 9.96. The van der Waals surface area contributed by atoms with Crippen LogP contribution in [0, 0.1) is 5.41 Å². The molecule has 0 spiro atoms. The predicted molar refractivity (Wildman–Crippen MR) is 139 cm³/mol. The van der Waals surface area contributed by atoms with Crippen LogP contribution >= 0.6 is 11.6 Å². The third-order valence-corrected chi connectivity index (χ3v) is 6.83. The Morgan fingerprint density at radius 3 is 2.53 bits per heavy atom. The topological polar surface area (TPSA) is 73.9 Å². The summed E-state index contributed by atoms with van der Waals surface area (Å²) in [5.74, 6) is 0.412. The van der Waals surface area contributed by atoms with E-state index in [0.717, 1.165) is 23.2 Å². The largest absolute Gasteiger partial charge is 0.496 e. The molecule has 1 atom stereocenters. The number of Topliss-reactive ketones (excluding diaryl/α,β-unsaturated/α-hetero) is 1. The molecule has 4 rings (SSSR count). The highest BCUT2D eigenvalue weighted by Gasteiger charge is 2.43. The first kappa shape index (κ1) is 25.8. The number of methoxy groups -OCH3 is 1. The second-order valence-corrected chi connectivity index (χ2v) is 10.4. The maximum atomic E-state index is 13.5. The Balaban J connectivity index is 1.78. The molecule has 0 saturated heterocycles. The minimum absolute atomic E-state index is 0.0443. The number of benzene rings is 2. The molecule has 1 aliphatic heterocycles. The van der Waals surface area contributed by atoms with Crippen molar-refractivity contribution in [3.05, 3.63) is 81.2 Å². The smallest absolute Gasteiger partial charge is 0.336 e. The van der Waals surface area contributed by atoms with E-state index in [1.54, 1.807) is 38.3 Å². The molecule has 0 radical (unpaired) electrons. The number of carbonyl (C=O) groups is 2. The molecule has 1 heterocycles. The number of nitrogens with one attached hydrogen (secondary N) is 1. The third-order valence-electron chi connectivity index (χ3n) is 6.58. The maximum Gasteiger partial charge on any atom is 0.336 e. The van der Waals surface area contributed by atoms with Gasteiger partial charge >= 0.3 is 5.97 Å². The van der Waals surface area contributed by atoms with Crippen molar-refractivity contribution in [2.24, 2.45) is 5.41 Å². The molecule has 0 amide bonds. The number of carbonyl (C=O) groups excluding carboxylic acids is 2. The Labute approximate surface area is 217 Å². The summed E-state index contributed by atoms with van der Waals surface area (Å²) in [4.78, 5) is 26.6. The first-order valence-corrected chi connectivity index (χ1v) is 12.5. The molecule has 0 saturated carbocycles. The van der Waals surface area contributed by atoms with E-state index in [2.05, 4.69) is 19.2 Å². The van der Waals surface area contributed by atoms with Gasteiger partial charge in [0.15, 0.2) is 5.78 Å². The average Bonchev–Trinajstić information content (AvgIpc) is 2.82. The van der Waals surface area contributed by atoms with Crippen molar-refractivity contribution in [2.75, 3.05) is 13.7 Å². The van der Waals surface area contributed by atoms with Gasteiger partial charge in [-0.15, -0.1) is 0 Å². The highest BCUT2D eigenvalue weighted by Crippen LogP contribution is 2.47. The lowest BCUT2D eigenvalue weighted by Crippen LogP contribution is -2.38. The molecule has 1 N–H and O–H groups in total. The molecule has 2 aliphatic rings. The zero-order valence-corrected chi connectivity index (χ0v) is 22.1. The van der Waals surface area contributed by atoms with Gasteiger partial charge < -0.3 is 19.5 Å². The molecule has 36 heavy (non-hydrogen) atoms. The molecule has 0 bridgehead atoms. The van der Waals surface area contributed by atoms with Crippen molar-refractivity contribution < 1.29 is 23.8 Å². The summed E-state index contributed by atoms with van der Waals surface area (Å²) < 4.78 is 17.0. The van der Waals surface area contributed by atoms with Crippen molar-refractivity contribution in [3.8, 4) is 11.5 Å². The van der Waals surface area contributed by atoms with Crippen LogP contribution in [0.5, 0.6) is 11.5 Å². The molecule has 1 aliphatic carbocycles. The minimum atomic E-state index is -0.538. The summed E-state index contributed by atoms with van der Waals surface area (Å²) in [7, 11) is 1.60. The normalized spacial score (nSPS) is 18.9. The number of esters is 1. The lowest BCUT2D eigenvalue weighted by molar-refractivity contribution is -0.138. The number of allylic oxidation sites excluding steroid dienone is 3. The molecule has 0 aromatic heterocycles. The van der Waals surface area contributed by atoms with Crippen LogP contribution in [0.4, 0.5) is 0 Å². The maximum absolute atomic E-state index is 13.5. The summed E-state index contributed by atoms with van der Waals surface area (Å²) in [5, 5.41) is 3.99. The molecular formula is C29H32ClNO5. The summed E-state index contributed by atoms with van der Waals surface area (Å²) in [6.45, 7) is 8.31. The Bertz CT molecular complexity index is 1240. The second kappa shape index (κ2) is 10.4. The molecule has 0 fully saturated rings. The van der Waals surface area contributed by atoms with E-state index >= 15 is 0 Å². The number of ether oxygens (including phenoxy) is 3. The molecule has 0 unspecified atom stereocenters. The van der Waals surface area contributed by atoms with Crippen molar-refractivity contribution in [1.82, 2.24) is 5.32 Å². The van der Waals surface area contributed by atoms with Crippen molar-refractivity contribution in [1.29, 1.82) is 0 Å². The average molecular weight is 510 g/mol. The van der Waals surface area contributed by atoms with Gasteiger partial charge in [-0.2, -0.15) is 0 Å². The van der Waals surface area contributed by atoms with Crippen molar-refractivity contribution >= 4 is 23.4 Å². The zero-order valence-electron chi connectivity index (χ0n) is 21.4. The van der Waals surface area contributed by atoms with Crippen LogP contribution in [0.25, 0.3) is 0 Å². The summed E-state index contributed by atoms with van der Waals surface area (Å²) >= 11 is 5.99. The first-order chi connectivity index (χ1) is 17.1. The fraction of sp³-hybridized carbons (Fsp3) is 0.379. The van der Waals surface area contributed by atoms with E-state index in [1.165, 1.54) is 0 Å². The van der Waals surface area contributed by atoms with E-state index in [0.29, 0.717) is 39.8 Å². The minimum Gasteiger partial charge on any atom is -0.496 e. The van der Waals surface area contributed by atoms with Gasteiger partial charge in [0.1, 0.15) is 18.1 Å². The highest BCUT2D eigenvalue weighted by atomic mass is 35.5. The molecular weight excluding hydrogens is 478 g/mol. The van der Waals surface area contributed by atoms with Gasteiger partial charge in [-0.1, -0.05) is 31.5 Å². The van der Waals surface area contributed by atoms with E-state index in [4.69, 9.17) is 25.8 Å². The van der Waals surface area contributed by atoms with Crippen LogP contribution in [0.1, 0.15) is 57.6 Å². The molecule has 190 valence electrons. The SMILES string of the molecule is CCOC(=O)C1=C(C)NC2=C(C(=O)CC(C)(C)C2)[C@@H]1c1ccc(OC)c(COc2ccc(Cl)cc2)c1. The molecule has 2 aromatic rings. The van der Waals surface area contributed by atoms with Crippen LogP contribution in [-0.2, 0) is 20.9 Å². The van der Waals surface area contributed by atoms with Crippen LogP contribution in [-0.4, -0.2) is 25.5 Å². The van der Waals surface area contributed by atoms with Gasteiger partial charge in [-0.3, -0.25) is 4.79 Å². The zero-order chi connectivity index (χ0) is 26.0. The van der Waals surface area contributed by atoms with Crippen molar-refractivity contribution in [2.45, 2.75) is 53.1 Å². The van der Waals surface area contributed by atoms with Gasteiger partial charge in [0.2, 0.25) is 0 Å². The van der Waals surface area contributed by atoms with Gasteiger partial charge in [0.25, 0.3) is 0 Å². The third kappa shape index (κ3) is 5.29. The summed E-state index contributed by atoms with van der Waals surface area (Å²) in [5.41, 5.74) is 4.13. The lowest BCUT2D eigenvalue weighted by Gasteiger charge is -2.39. The number of halogens is 1. The Morgan fingerprint density at radius 1 is 1.14 bits per heavy atom. The Morgan fingerprint density at radius 2 is 1.86 bits per heavy atom. The number of rotatable bonds is 7. The van der Waals surface area contributed by atoms with E-state index in [1.807, 2.05) is 25.1 Å². The fourth-order valence-electron chi connectivity index (χ4n) is 5.03. The van der Waals surface area contributed by atoms with Gasteiger partial charge in [0, 0.05) is 39.9 Å². The number of hydrogen-bond donors (Lipinski definition) is 1. The quantitative estimate of drug-likeness (QED) is 0.455. The van der Waals surface area contributed by atoms with E-state index < -0.39 is 11.9 Å². The predicted octanol–water partition coefficient (Wildman–Crippen LogP) is 6.09. The van der Waals surface area contributed by atoms with Gasteiger partial charge in [-0.25, -0.2) is 4.79 Å². The van der Waals surface area contributed by atoms with E-state index in [9.17, 15) is 9.59 Å². The fourth-order valence-corrected chi connectivity index (χ4v) is 5.16. The molecule has 6 nitrogen and oxygen atoms in total. The standard InChI is InChI=1S/C29H32ClNO5/c1-6-35-28(33)25-17(2)31-22-14-29(3,4)15-23(32)27(22)26(25)18-7-12-24(34-5)19(13-18)16-36-21-10-8-20(30)9-11-21/h7-13,26,31H,6,14-16H2,1-5H3/t26-/m1/s1. The Hall–Kier alpha value is -3.25. The number of hydrogen-bond acceptors (Lipinski definition) is 6. The summed E-state index contributed by atoms with van der Waals surface area (Å²) in [6, 6.07) is 12.9. The van der Waals surface area contributed by atoms with Gasteiger partial charge in [0.05, 0.1) is 19.3 Å². The van der Waals surface area contributed by atoms with Crippen LogP contribution in [0.3, 0.4) is 0 Å². The molecule has 2 aromatic carbocycles. The first-order valence-electron chi connectivity index (χ1n) is 12.1. The summed E-state index contributed by atoms with van der Waals surface area (Å²) in [6.07, 6.45) is 1.14. The van der Waals surface area contributed by atoms with E-state index in [-0.39, 0.29) is 24.4 Å².